The molecule has 2 rings (SSSR count). The third-order valence-corrected chi connectivity index (χ3v) is 2.34. The lowest BCUT2D eigenvalue weighted by Crippen LogP contribution is -1.84. The van der Waals surface area contributed by atoms with Crippen LogP contribution in [0.5, 0.6) is 0 Å². The van der Waals surface area contributed by atoms with Crippen molar-refractivity contribution in [1.82, 2.24) is 9.80 Å². The van der Waals surface area contributed by atoms with E-state index in [1.54, 1.807) is 0 Å². The smallest absolute Gasteiger partial charge is 0.0192 e. The molecule has 0 aromatic carbocycles. The van der Waals surface area contributed by atoms with Gasteiger partial charge in [-0.25, -0.2) is 0 Å². The van der Waals surface area contributed by atoms with Crippen LogP contribution in [-0.2, 0) is 0 Å². The third-order valence-electron chi connectivity index (χ3n) is 2.34. The van der Waals surface area contributed by atoms with Crippen molar-refractivity contribution in [3.05, 3.63) is 0 Å². The molecule has 0 amide bonds. The van der Waals surface area contributed by atoms with E-state index in [9.17, 15) is 0 Å². The molecule has 2 heteroatoms. The van der Waals surface area contributed by atoms with Gasteiger partial charge in [0.1, 0.15) is 0 Å². The Kier molecular flexibility index (Phi) is 2.32. The zero-order chi connectivity index (χ0) is 7.72. The molecule has 0 saturated carbocycles. The summed E-state index contributed by atoms with van der Waals surface area (Å²) in [7, 11) is 4.26. The van der Waals surface area contributed by atoms with E-state index in [-0.39, 0.29) is 0 Å². The lowest BCUT2D eigenvalue weighted by Gasteiger charge is -1.75. The van der Waals surface area contributed by atoms with Crippen LogP contribution in [0, 0.1) is 0 Å². The molecular formula is C8H18N2. The van der Waals surface area contributed by atoms with Gasteiger partial charge < -0.3 is 9.80 Å². The van der Waals surface area contributed by atoms with E-state index >= 15 is 0 Å². The Morgan fingerprint density at radius 2 is 1.00 bits per heavy atom. The molecule has 10 heavy (non-hydrogen) atoms. The zero-order valence-electron chi connectivity index (χ0n) is 7.46. The summed E-state index contributed by atoms with van der Waals surface area (Å²) in [6.07, 6.45) is 0. The summed E-state index contributed by atoms with van der Waals surface area (Å²) in [6.45, 7) is 7.06. The molecule has 60 valence electrons. The van der Waals surface area contributed by atoms with Crippen LogP contribution in [0.25, 0.3) is 0 Å². The normalized spacial score (nSPS) is 49.2. The zero-order valence-corrected chi connectivity index (χ0v) is 7.46. The predicted molar refractivity (Wildman–Crippen MR) is 44.2 cm³/mol. The van der Waals surface area contributed by atoms with E-state index < -0.39 is 0 Å². The van der Waals surface area contributed by atoms with Gasteiger partial charge in [0.05, 0.1) is 0 Å². The molecule has 4 atom stereocenters. The molecule has 0 N–H and O–H groups in total. The average Bonchev–Trinajstić information content (AvgIpc) is 2.62. The first-order valence-electron chi connectivity index (χ1n) is 4.01. The van der Waals surface area contributed by atoms with Crippen molar-refractivity contribution >= 4 is 0 Å². The Bertz CT molecular complexity index is 87.8. The Balaban J connectivity index is 0.0000001000. The Labute approximate surface area is 63.8 Å². The van der Waals surface area contributed by atoms with Crippen molar-refractivity contribution in [2.45, 2.75) is 25.9 Å². The fraction of sp³-hybridized carbons (Fsp3) is 1.00. The van der Waals surface area contributed by atoms with Crippen LogP contribution >= 0.6 is 0 Å². The number of nitrogens with zero attached hydrogens (tertiary/aromatic N) is 2. The van der Waals surface area contributed by atoms with Crippen LogP contribution in [0.1, 0.15) is 13.8 Å². The molecule has 0 aromatic rings. The quantitative estimate of drug-likeness (QED) is 0.458. The first kappa shape index (κ1) is 8.02. The minimum atomic E-state index is 0.884. The van der Waals surface area contributed by atoms with E-state index in [4.69, 9.17) is 0 Å². The fourth-order valence-corrected chi connectivity index (χ4v) is 0.739. The maximum atomic E-state index is 2.29. The summed E-state index contributed by atoms with van der Waals surface area (Å²) in [5.74, 6) is 0. The van der Waals surface area contributed by atoms with Crippen LogP contribution in [-0.4, -0.2) is 49.1 Å². The summed E-state index contributed by atoms with van der Waals surface area (Å²) >= 11 is 0. The number of rotatable bonds is 0. The van der Waals surface area contributed by atoms with E-state index in [1.807, 2.05) is 0 Å². The molecule has 0 spiro atoms. The minimum Gasteiger partial charge on any atom is -0.301 e. The maximum absolute atomic E-state index is 2.29. The molecule has 0 radical (unpaired) electrons. The Morgan fingerprint density at radius 3 is 1.00 bits per heavy atom. The highest BCUT2D eigenvalue weighted by Crippen LogP contribution is 2.09. The summed E-state index contributed by atoms with van der Waals surface area (Å²) < 4.78 is 0. The molecule has 2 saturated heterocycles. The maximum Gasteiger partial charge on any atom is 0.0192 e. The standard InChI is InChI=1S/2C4H9N/c2*1-4-3-5(4)2/h2*4H,3H2,1-2H3. The van der Waals surface area contributed by atoms with Gasteiger partial charge in [0, 0.05) is 25.2 Å². The van der Waals surface area contributed by atoms with E-state index in [0.29, 0.717) is 0 Å². The molecule has 2 fully saturated rings. The largest absolute Gasteiger partial charge is 0.301 e. The van der Waals surface area contributed by atoms with Gasteiger partial charge >= 0.3 is 0 Å². The molecule has 2 nitrogen and oxygen atoms in total. The van der Waals surface area contributed by atoms with E-state index in [0.717, 1.165) is 12.1 Å². The topological polar surface area (TPSA) is 6.02 Å². The lowest BCUT2D eigenvalue weighted by molar-refractivity contribution is 0.638. The van der Waals surface area contributed by atoms with Crippen molar-refractivity contribution in [2.24, 2.45) is 0 Å². The van der Waals surface area contributed by atoms with Crippen molar-refractivity contribution in [2.75, 3.05) is 27.2 Å². The minimum absolute atomic E-state index is 0.884. The molecule has 2 heterocycles. The fourth-order valence-electron chi connectivity index (χ4n) is 0.739. The van der Waals surface area contributed by atoms with Gasteiger partial charge in [-0.05, 0) is 27.9 Å². The summed E-state index contributed by atoms with van der Waals surface area (Å²) in [6, 6.07) is 1.77. The van der Waals surface area contributed by atoms with Crippen LogP contribution in [0.4, 0.5) is 0 Å². The van der Waals surface area contributed by atoms with Gasteiger partial charge in [-0.2, -0.15) is 0 Å². The third kappa shape index (κ3) is 2.67. The average molecular weight is 142 g/mol. The van der Waals surface area contributed by atoms with Gasteiger partial charge in [0.15, 0.2) is 0 Å². The van der Waals surface area contributed by atoms with Crippen molar-refractivity contribution < 1.29 is 0 Å². The highest BCUT2D eigenvalue weighted by atomic mass is 15.3. The van der Waals surface area contributed by atoms with E-state index in [1.165, 1.54) is 13.1 Å². The van der Waals surface area contributed by atoms with Crippen LogP contribution in [0.15, 0.2) is 0 Å². The van der Waals surface area contributed by atoms with Gasteiger partial charge in [-0.15, -0.1) is 0 Å². The van der Waals surface area contributed by atoms with Gasteiger partial charge in [0.2, 0.25) is 0 Å². The molecule has 0 aliphatic carbocycles. The molecule has 2 aliphatic rings. The predicted octanol–water partition coefficient (Wildman–Crippen LogP) is 0.641. The first-order chi connectivity index (χ1) is 4.61. The Hall–Kier alpha value is -0.0800. The number of hydrogen-bond donors (Lipinski definition) is 0. The van der Waals surface area contributed by atoms with Gasteiger partial charge in [-0.3, -0.25) is 0 Å². The van der Waals surface area contributed by atoms with Crippen molar-refractivity contribution in [3.8, 4) is 0 Å². The second kappa shape index (κ2) is 2.89. The monoisotopic (exact) mass is 142 g/mol. The summed E-state index contributed by atoms with van der Waals surface area (Å²) in [5.41, 5.74) is 0. The summed E-state index contributed by atoms with van der Waals surface area (Å²) in [5, 5.41) is 0. The van der Waals surface area contributed by atoms with Crippen LogP contribution in [0.3, 0.4) is 0 Å². The second-order valence-corrected chi connectivity index (χ2v) is 3.58. The number of hydrogen-bond acceptors (Lipinski definition) is 2. The summed E-state index contributed by atoms with van der Waals surface area (Å²) in [4.78, 5) is 4.58. The highest BCUT2D eigenvalue weighted by Gasteiger charge is 2.22. The molecule has 2 aliphatic heterocycles. The molecular weight excluding hydrogens is 124 g/mol. The number of likely N-dealkylation sites (N-methyl/N-ethyl adjacent to an activating group) is 2. The van der Waals surface area contributed by atoms with Gasteiger partial charge in [0.25, 0.3) is 0 Å². The molecule has 0 aromatic heterocycles. The van der Waals surface area contributed by atoms with E-state index in [2.05, 4.69) is 37.7 Å². The van der Waals surface area contributed by atoms with Crippen molar-refractivity contribution in [3.63, 3.8) is 0 Å². The molecule has 0 bridgehead atoms. The lowest BCUT2D eigenvalue weighted by atomic mass is 10.6. The highest BCUT2D eigenvalue weighted by molar-refractivity contribution is 4.79. The molecule has 4 unspecified atom stereocenters. The van der Waals surface area contributed by atoms with Crippen LogP contribution < -0.4 is 0 Å². The first-order valence-corrected chi connectivity index (χ1v) is 4.01. The Morgan fingerprint density at radius 1 is 0.900 bits per heavy atom. The van der Waals surface area contributed by atoms with Crippen molar-refractivity contribution in [1.29, 1.82) is 0 Å². The second-order valence-electron chi connectivity index (χ2n) is 3.58. The van der Waals surface area contributed by atoms with Crippen LogP contribution in [0.2, 0.25) is 0 Å². The SMILES string of the molecule is CC1CN1C.CC1CN1C. The van der Waals surface area contributed by atoms with Gasteiger partial charge in [-0.1, -0.05) is 0 Å².